The fourth-order valence-electron chi connectivity index (χ4n) is 3.42. The van der Waals surface area contributed by atoms with Crippen LogP contribution in [-0.2, 0) is 9.59 Å². The normalized spacial score (nSPS) is 20.7. The first kappa shape index (κ1) is 18.7. The van der Waals surface area contributed by atoms with Crippen LogP contribution in [0.2, 0.25) is 0 Å². The van der Waals surface area contributed by atoms with Crippen LogP contribution in [0.1, 0.15) is 18.4 Å². The molecule has 3 aliphatic rings. The molecular weight excluding hydrogens is 370 g/mol. The second-order valence-corrected chi connectivity index (χ2v) is 6.88. The van der Waals surface area contributed by atoms with E-state index in [9.17, 15) is 9.59 Å². The minimum absolute atomic E-state index is 0.0238. The van der Waals surface area contributed by atoms with Crippen LogP contribution in [0.4, 0.5) is 5.82 Å². The number of fused-ring (bicyclic) bond motifs is 1. The van der Waals surface area contributed by atoms with Crippen molar-refractivity contribution < 1.29 is 9.59 Å². The van der Waals surface area contributed by atoms with E-state index in [0.29, 0.717) is 49.7 Å². The molecule has 4 rings (SSSR count). The Labute approximate surface area is 167 Å². The first-order chi connectivity index (χ1) is 14.1. The molecule has 0 N–H and O–H groups in total. The quantitative estimate of drug-likeness (QED) is 0.761. The summed E-state index contributed by atoms with van der Waals surface area (Å²) in [6.45, 7) is 2.56. The Morgan fingerprint density at radius 1 is 1.21 bits per heavy atom. The number of rotatable bonds is 4. The Morgan fingerprint density at radius 3 is 2.76 bits per heavy atom. The predicted octanol–water partition coefficient (Wildman–Crippen LogP) is 0.976. The monoisotopic (exact) mass is 389 g/mol. The van der Waals surface area contributed by atoms with Gasteiger partial charge in [-0.25, -0.2) is 9.98 Å². The number of nitriles is 1. The Bertz CT molecular complexity index is 977. The fourth-order valence-corrected chi connectivity index (χ4v) is 3.42. The zero-order valence-electron chi connectivity index (χ0n) is 15.7. The number of carbonyl (C=O) groups is 2. The topological polar surface area (TPSA) is 114 Å². The summed E-state index contributed by atoms with van der Waals surface area (Å²) >= 11 is 0. The van der Waals surface area contributed by atoms with Crippen molar-refractivity contribution in [2.45, 2.75) is 12.8 Å². The summed E-state index contributed by atoms with van der Waals surface area (Å²) in [4.78, 5) is 45.2. The standard InChI is InChI=1S/C20H19N7O2/c21-11-14-1-3-18(23-12-14)26-7-9-27(10-8-26)19(28)4-2-17-24-16-5-6-22-13-15(16)20(29)25-17/h1,3,5-6,12-13,15H,2,4,7-10H2. The summed E-state index contributed by atoms with van der Waals surface area (Å²) in [7, 11) is 0. The minimum Gasteiger partial charge on any atom is -0.353 e. The van der Waals surface area contributed by atoms with Gasteiger partial charge in [-0.1, -0.05) is 0 Å². The van der Waals surface area contributed by atoms with Gasteiger partial charge < -0.3 is 9.80 Å². The molecule has 2 amide bonds. The van der Waals surface area contributed by atoms with Crippen molar-refractivity contribution in [3.05, 3.63) is 36.2 Å². The third kappa shape index (κ3) is 4.11. The second kappa shape index (κ2) is 8.14. The maximum atomic E-state index is 12.6. The molecule has 1 saturated heterocycles. The highest BCUT2D eigenvalue weighted by molar-refractivity contribution is 6.27. The van der Waals surface area contributed by atoms with E-state index in [2.05, 4.69) is 30.9 Å². The van der Waals surface area contributed by atoms with Crippen LogP contribution in [0, 0.1) is 17.2 Å². The predicted molar refractivity (Wildman–Crippen MR) is 108 cm³/mol. The number of amidine groups is 1. The number of nitrogens with zero attached hydrogens (tertiary/aromatic N) is 7. The van der Waals surface area contributed by atoms with Crippen molar-refractivity contribution in [1.82, 2.24) is 9.88 Å². The number of allylic oxidation sites excluding steroid dienone is 1. The van der Waals surface area contributed by atoms with Crippen molar-refractivity contribution >= 4 is 35.4 Å². The van der Waals surface area contributed by atoms with Gasteiger partial charge in [-0.05, 0) is 18.2 Å². The lowest BCUT2D eigenvalue weighted by atomic mass is 10.0. The summed E-state index contributed by atoms with van der Waals surface area (Å²) in [6.07, 6.45) is 6.99. The molecule has 0 saturated carbocycles. The van der Waals surface area contributed by atoms with Crippen LogP contribution < -0.4 is 4.90 Å². The molecule has 0 aliphatic carbocycles. The van der Waals surface area contributed by atoms with E-state index >= 15 is 0 Å². The van der Waals surface area contributed by atoms with Gasteiger partial charge in [0.25, 0.3) is 5.91 Å². The van der Waals surface area contributed by atoms with Gasteiger partial charge in [-0.2, -0.15) is 10.3 Å². The minimum atomic E-state index is -0.497. The van der Waals surface area contributed by atoms with Gasteiger partial charge in [0, 0.05) is 57.6 Å². The molecule has 1 aromatic rings. The van der Waals surface area contributed by atoms with Gasteiger partial charge in [-0.15, -0.1) is 0 Å². The Balaban J connectivity index is 1.29. The van der Waals surface area contributed by atoms with Crippen LogP contribution in [0.3, 0.4) is 0 Å². The molecule has 0 bridgehead atoms. The SMILES string of the molecule is N#Cc1ccc(N2CCN(C(=O)CCC3=NC(=O)C4C=NC=CC4=N3)CC2)nc1. The van der Waals surface area contributed by atoms with E-state index in [0.717, 1.165) is 5.82 Å². The molecule has 1 atom stereocenters. The van der Waals surface area contributed by atoms with Crippen LogP contribution in [0.5, 0.6) is 0 Å². The van der Waals surface area contributed by atoms with E-state index in [4.69, 9.17) is 5.26 Å². The van der Waals surface area contributed by atoms with Crippen molar-refractivity contribution in [2.75, 3.05) is 31.1 Å². The van der Waals surface area contributed by atoms with Gasteiger partial charge in [-0.3, -0.25) is 14.6 Å². The van der Waals surface area contributed by atoms with E-state index in [1.54, 1.807) is 24.5 Å². The molecule has 1 fully saturated rings. The summed E-state index contributed by atoms with van der Waals surface area (Å²) in [5.41, 5.74) is 1.16. The summed E-state index contributed by atoms with van der Waals surface area (Å²) < 4.78 is 0. The second-order valence-electron chi connectivity index (χ2n) is 6.88. The maximum absolute atomic E-state index is 12.6. The molecule has 0 spiro atoms. The van der Waals surface area contributed by atoms with Crippen LogP contribution in [0.15, 0.2) is 45.6 Å². The number of aliphatic imine (C=N–C) groups is 3. The average molecular weight is 389 g/mol. The molecule has 0 aromatic carbocycles. The Hall–Kier alpha value is -3.67. The zero-order valence-corrected chi connectivity index (χ0v) is 15.7. The number of amides is 2. The fraction of sp³-hybridized carbons (Fsp3) is 0.350. The first-order valence-corrected chi connectivity index (χ1v) is 9.43. The van der Waals surface area contributed by atoms with Crippen molar-refractivity contribution in [2.24, 2.45) is 20.9 Å². The largest absolute Gasteiger partial charge is 0.353 e. The molecule has 0 radical (unpaired) electrons. The lowest BCUT2D eigenvalue weighted by molar-refractivity contribution is -0.131. The van der Waals surface area contributed by atoms with Crippen LogP contribution in [0.25, 0.3) is 0 Å². The molecular formula is C20H19N7O2. The van der Waals surface area contributed by atoms with E-state index < -0.39 is 5.92 Å². The molecule has 146 valence electrons. The highest BCUT2D eigenvalue weighted by Gasteiger charge is 2.28. The third-order valence-electron chi connectivity index (χ3n) is 5.04. The van der Waals surface area contributed by atoms with E-state index in [-0.39, 0.29) is 18.2 Å². The van der Waals surface area contributed by atoms with Gasteiger partial charge in [0.1, 0.15) is 23.6 Å². The highest BCUT2D eigenvalue weighted by Crippen LogP contribution is 2.17. The molecule has 4 heterocycles. The summed E-state index contributed by atoms with van der Waals surface area (Å²) in [6, 6.07) is 5.62. The number of piperazine rings is 1. The summed E-state index contributed by atoms with van der Waals surface area (Å²) in [5.74, 6) is 0.448. The average Bonchev–Trinajstić information content (AvgIpc) is 2.78. The number of aromatic nitrogens is 1. The molecule has 1 unspecified atom stereocenters. The maximum Gasteiger partial charge on any atom is 0.261 e. The summed E-state index contributed by atoms with van der Waals surface area (Å²) in [5, 5.41) is 8.86. The third-order valence-corrected chi connectivity index (χ3v) is 5.04. The van der Waals surface area contributed by atoms with Gasteiger partial charge in [0.15, 0.2) is 0 Å². The lowest BCUT2D eigenvalue weighted by Gasteiger charge is -2.35. The zero-order chi connectivity index (χ0) is 20.2. The van der Waals surface area contributed by atoms with Gasteiger partial charge >= 0.3 is 0 Å². The van der Waals surface area contributed by atoms with Gasteiger partial charge in [0.2, 0.25) is 5.91 Å². The first-order valence-electron chi connectivity index (χ1n) is 9.43. The number of hydrogen-bond donors (Lipinski definition) is 0. The van der Waals surface area contributed by atoms with Crippen molar-refractivity contribution in [3.63, 3.8) is 0 Å². The Morgan fingerprint density at radius 2 is 2.03 bits per heavy atom. The molecule has 3 aliphatic heterocycles. The highest BCUT2D eigenvalue weighted by atomic mass is 16.2. The van der Waals surface area contributed by atoms with Crippen LogP contribution in [-0.4, -0.2) is 65.6 Å². The number of hydrogen-bond acceptors (Lipinski definition) is 7. The molecule has 1 aromatic heterocycles. The van der Waals surface area contributed by atoms with E-state index in [1.807, 2.05) is 11.0 Å². The molecule has 9 nitrogen and oxygen atoms in total. The Kier molecular flexibility index (Phi) is 5.24. The van der Waals surface area contributed by atoms with E-state index in [1.165, 1.54) is 6.21 Å². The smallest absolute Gasteiger partial charge is 0.261 e. The van der Waals surface area contributed by atoms with Crippen LogP contribution >= 0.6 is 0 Å². The van der Waals surface area contributed by atoms with Crippen molar-refractivity contribution in [3.8, 4) is 6.07 Å². The van der Waals surface area contributed by atoms with Gasteiger partial charge in [0.05, 0.1) is 11.3 Å². The molecule has 29 heavy (non-hydrogen) atoms. The number of anilines is 1. The number of pyridine rings is 1. The number of carbonyl (C=O) groups excluding carboxylic acids is 2. The van der Waals surface area contributed by atoms with Crippen molar-refractivity contribution in [1.29, 1.82) is 5.26 Å². The molecule has 9 heteroatoms. The lowest BCUT2D eigenvalue weighted by Crippen LogP contribution is -2.49.